The van der Waals surface area contributed by atoms with Crippen molar-refractivity contribution in [3.8, 4) is 0 Å². The lowest BCUT2D eigenvalue weighted by Gasteiger charge is -2.34. The quantitative estimate of drug-likeness (QED) is 0.486. The van der Waals surface area contributed by atoms with E-state index in [0.717, 1.165) is 87.5 Å². The summed E-state index contributed by atoms with van der Waals surface area (Å²) in [6.07, 6.45) is 10.4. The molecule has 1 atom stereocenters. The number of carbonyl (C=O) groups excluding carboxylic acids is 1. The van der Waals surface area contributed by atoms with Crippen molar-refractivity contribution >= 4 is 44.6 Å². The molecule has 11 nitrogen and oxygen atoms in total. The Morgan fingerprint density at radius 2 is 1.89 bits per heavy atom. The second kappa shape index (κ2) is 9.64. The maximum atomic E-state index is 12.9. The van der Waals surface area contributed by atoms with Gasteiger partial charge in [-0.2, -0.15) is 13.5 Å². The van der Waals surface area contributed by atoms with Crippen LogP contribution in [0.3, 0.4) is 0 Å². The van der Waals surface area contributed by atoms with Crippen LogP contribution in [0.1, 0.15) is 44.3 Å². The molecule has 0 unspecified atom stereocenters. The summed E-state index contributed by atoms with van der Waals surface area (Å²) < 4.78 is 27.8. The van der Waals surface area contributed by atoms with Crippen LogP contribution >= 0.6 is 11.6 Å². The number of H-pyrrole nitrogens is 1. The van der Waals surface area contributed by atoms with Crippen molar-refractivity contribution in [2.45, 2.75) is 44.1 Å². The number of anilines is 1. The third kappa shape index (κ3) is 5.35. The van der Waals surface area contributed by atoms with E-state index < -0.39 is 10.1 Å². The third-order valence-corrected chi connectivity index (χ3v) is 7.19. The number of hydrogen-bond acceptors (Lipinski definition) is 7. The Hall–Kier alpha value is -2.70. The summed E-state index contributed by atoms with van der Waals surface area (Å²) in [6.45, 7) is 3.50. The Morgan fingerprint density at radius 3 is 2.53 bits per heavy atom. The van der Waals surface area contributed by atoms with Crippen molar-refractivity contribution in [2.24, 2.45) is 5.92 Å². The minimum atomic E-state index is -3.67. The monoisotopic (exact) mass is 535 g/mol. The summed E-state index contributed by atoms with van der Waals surface area (Å²) in [6, 6.07) is 4.05. The number of aromatic nitrogens is 5. The molecule has 3 aromatic rings. The number of pyridine rings is 1. The molecule has 3 fully saturated rings. The predicted molar refractivity (Wildman–Crippen MR) is 136 cm³/mol. The summed E-state index contributed by atoms with van der Waals surface area (Å²) >= 11 is 6.08. The van der Waals surface area contributed by atoms with Crippen LogP contribution in [0, 0.1) is 5.92 Å². The standard InChI is InChI=1S/C22H26ClN7O.CH4O3S/c23-16-12-24-30(14-16)22(7-8-22)21-25-17-5-6-18(26-19(17)27-21)29-11-3-4-15(13-29)20(31)28-9-1-2-10-28;1-5(2,3)4/h5-6,12,14-15H,1-4,7-11,13H2,(H,25,26,27);1H3,(H,2,3,4)/t15-;/m1./s1. The van der Waals surface area contributed by atoms with E-state index in [1.54, 1.807) is 6.20 Å². The minimum Gasteiger partial charge on any atom is -0.356 e. The van der Waals surface area contributed by atoms with Crippen molar-refractivity contribution in [1.29, 1.82) is 0 Å². The predicted octanol–water partition coefficient (Wildman–Crippen LogP) is 2.69. The van der Waals surface area contributed by atoms with E-state index >= 15 is 0 Å². The number of hydrogen-bond donors (Lipinski definition) is 2. The van der Waals surface area contributed by atoms with E-state index in [1.165, 1.54) is 0 Å². The Labute approximate surface area is 214 Å². The molecule has 13 heteroatoms. The number of fused-ring (bicyclic) bond motifs is 1. The van der Waals surface area contributed by atoms with Gasteiger partial charge in [0.2, 0.25) is 5.91 Å². The molecule has 0 spiro atoms. The topological polar surface area (TPSA) is 137 Å². The highest BCUT2D eigenvalue weighted by Gasteiger charge is 2.50. The molecule has 6 rings (SSSR count). The maximum Gasteiger partial charge on any atom is 0.261 e. The number of nitrogens with zero attached hydrogens (tertiary/aromatic N) is 6. The zero-order valence-electron chi connectivity index (χ0n) is 20.1. The number of halogens is 1. The van der Waals surface area contributed by atoms with Gasteiger partial charge in [-0.05, 0) is 50.7 Å². The third-order valence-electron chi connectivity index (χ3n) is 6.99. The van der Waals surface area contributed by atoms with Gasteiger partial charge < -0.3 is 14.8 Å². The minimum absolute atomic E-state index is 0.0703. The molecule has 3 aliphatic rings. The van der Waals surface area contributed by atoms with Gasteiger partial charge in [0.1, 0.15) is 22.7 Å². The molecular weight excluding hydrogens is 506 g/mol. The van der Waals surface area contributed by atoms with Crippen LogP contribution in [-0.4, -0.2) is 80.9 Å². The van der Waals surface area contributed by atoms with Crippen LogP contribution in [-0.2, 0) is 20.5 Å². The summed E-state index contributed by atoms with van der Waals surface area (Å²) in [5.41, 5.74) is 1.39. The lowest BCUT2D eigenvalue weighted by Crippen LogP contribution is -2.44. The molecule has 1 amide bonds. The Kier molecular flexibility index (Phi) is 6.69. The van der Waals surface area contributed by atoms with Gasteiger partial charge in [0.05, 0.1) is 23.4 Å². The summed E-state index contributed by atoms with van der Waals surface area (Å²) in [5.74, 6) is 2.18. The second-order valence-corrected chi connectivity index (χ2v) is 11.7. The smallest absolute Gasteiger partial charge is 0.261 e. The molecule has 1 saturated carbocycles. The summed E-state index contributed by atoms with van der Waals surface area (Å²) in [5, 5.41) is 5.04. The first-order valence-electron chi connectivity index (χ1n) is 12.2. The molecule has 0 radical (unpaired) electrons. The fraction of sp³-hybridized carbons (Fsp3) is 0.565. The lowest BCUT2D eigenvalue weighted by molar-refractivity contribution is -0.134. The second-order valence-electron chi connectivity index (χ2n) is 9.81. The molecule has 2 saturated heterocycles. The summed E-state index contributed by atoms with van der Waals surface area (Å²) in [7, 11) is -3.67. The van der Waals surface area contributed by atoms with Crippen molar-refractivity contribution < 1.29 is 17.8 Å². The van der Waals surface area contributed by atoms with Crippen molar-refractivity contribution in [3.05, 3.63) is 35.4 Å². The number of carbonyl (C=O) groups is 1. The van der Waals surface area contributed by atoms with Crippen molar-refractivity contribution in [3.63, 3.8) is 0 Å². The lowest BCUT2D eigenvalue weighted by atomic mass is 9.96. The Bertz CT molecular complexity index is 1350. The summed E-state index contributed by atoms with van der Waals surface area (Å²) in [4.78, 5) is 30.3. The van der Waals surface area contributed by atoms with E-state index in [4.69, 9.17) is 26.1 Å². The van der Waals surface area contributed by atoms with Crippen molar-refractivity contribution in [1.82, 2.24) is 29.6 Å². The van der Waals surface area contributed by atoms with Crippen LogP contribution in [0.5, 0.6) is 0 Å². The van der Waals surface area contributed by atoms with Crippen molar-refractivity contribution in [2.75, 3.05) is 37.3 Å². The number of likely N-dealkylation sites (tertiary alicyclic amines) is 1. The van der Waals surface area contributed by atoms with Gasteiger partial charge in [0.25, 0.3) is 10.1 Å². The molecule has 3 aromatic heterocycles. The molecule has 0 bridgehead atoms. The number of amides is 1. The van der Waals surface area contributed by atoms with Gasteiger partial charge in [-0.15, -0.1) is 0 Å². The molecule has 2 N–H and O–H groups in total. The first-order chi connectivity index (χ1) is 17.1. The fourth-order valence-electron chi connectivity index (χ4n) is 5.09. The number of imidazole rings is 1. The molecule has 36 heavy (non-hydrogen) atoms. The molecule has 1 aliphatic carbocycles. The zero-order valence-corrected chi connectivity index (χ0v) is 21.7. The van der Waals surface area contributed by atoms with Crippen LogP contribution in [0.25, 0.3) is 11.2 Å². The van der Waals surface area contributed by atoms with Crippen LogP contribution in [0.15, 0.2) is 24.5 Å². The Balaban J connectivity index is 0.000000489. The fourth-order valence-corrected chi connectivity index (χ4v) is 5.23. The van der Waals surface area contributed by atoms with E-state index in [-0.39, 0.29) is 11.5 Å². The average molecular weight is 536 g/mol. The van der Waals surface area contributed by atoms with Gasteiger partial charge in [-0.3, -0.25) is 14.0 Å². The van der Waals surface area contributed by atoms with Gasteiger partial charge in [-0.1, -0.05) is 11.6 Å². The van der Waals surface area contributed by atoms with Gasteiger partial charge >= 0.3 is 0 Å². The van der Waals surface area contributed by atoms with Gasteiger partial charge in [0.15, 0.2) is 5.65 Å². The zero-order chi connectivity index (χ0) is 25.5. The van der Waals surface area contributed by atoms with E-state index in [1.807, 2.05) is 27.9 Å². The van der Waals surface area contributed by atoms with Gasteiger partial charge in [0, 0.05) is 32.4 Å². The van der Waals surface area contributed by atoms with Gasteiger partial charge in [-0.25, -0.2) is 9.97 Å². The molecule has 5 heterocycles. The number of rotatable bonds is 4. The number of piperidine rings is 1. The molecular formula is C23H30ClN7O4S. The Morgan fingerprint density at radius 1 is 1.17 bits per heavy atom. The van der Waals surface area contributed by atoms with Crippen LogP contribution in [0.4, 0.5) is 5.82 Å². The average Bonchev–Trinajstić information content (AvgIpc) is 3.21. The molecule has 2 aliphatic heterocycles. The first kappa shape index (κ1) is 25.0. The molecule has 194 valence electrons. The number of nitrogens with one attached hydrogen (secondary N) is 1. The normalized spacial score (nSPS) is 21.4. The number of aromatic amines is 1. The van der Waals surface area contributed by atoms with Crippen LogP contribution < -0.4 is 4.90 Å². The van der Waals surface area contributed by atoms with E-state index in [0.29, 0.717) is 17.2 Å². The van der Waals surface area contributed by atoms with E-state index in [9.17, 15) is 13.2 Å². The SMILES string of the molecule is CS(=O)(=O)O.O=C([C@@H]1CCCN(c2ccc3nc(C4(n5cc(Cl)cn5)CC4)[nH]c3n2)C1)N1CCCC1. The maximum absolute atomic E-state index is 12.9. The highest BCUT2D eigenvalue weighted by Crippen LogP contribution is 2.48. The molecule has 0 aromatic carbocycles. The van der Waals surface area contributed by atoms with Crippen LogP contribution in [0.2, 0.25) is 5.02 Å². The van der Waals surface area contributed by atoms with E-state index in [2.05, 4.69) is 15.0 Å². The largest absolute Gasteiger partial charge is 0.356 e. The highest BCUT2D eigenvalue weighted by molar-refractivity contribution is 7.85. The first-order valence-corrected chi connectivity index (χ1v) is 14.4. The highest BCUT2D eigenvalue weighted by atomic mass is 35.5.